The Bertz CT molecular complexity index is 463. The van der Waals surface area contributed by atoms with Crippen molar-refractivity contribution in [1.29, 1.82) is 0 Å². The minimum atomic E-state index is -2.60. The molecule has 8 nitrogen and oxygen atoms in total. The molecule has 2 aliphatic rings. The lowest BCUT2D eigenvalue weighted by atomic mass is 9.98. The summed E-state index contributed by atoms with van der Waals surface area (Å²) in [4.78, 5) is 12.6. The van der Waals surface area contributed by atoms with Crippen LogP contribution in [0.4, 0.5) is 0 Å². The van der Waals surface area contributed by atoms with Crippen molar-refractivity contribution in [2.24, 2.45) is 16.9 Å². The largest absolute Gasteiger partial charge is 0.381 e. The third kappa shape index (κ3) is 3.30. The molecule has 2 rings (SSSR count). The molecule has 0 bridgehead atoms. The minimum Gasteiger partial charge on any atom is -0.381 e. The van der Waals surface area contributed by atoms with Crippen molar-refractivity contribution in [3.05, 3.63) is 10.1 Å². The summed E-state index contributed by atoms with van der Waals surface area (Å²) in [6.45, 7) is 8.50. The van der Waals surface area contributed by atoms with E-state index in [9.17, 15) is 14.7 Å². The summed E-state index contributed by atoms with van der Waals surface area (Å²) >= 11 is 0. The summed E-state index contributed by atoms with van der Waals surface area (Å²) in [6, 6.07) is 0. The van der Waals surface area contributed by atoms with E-state index >= 15 is 0 Å². The van der Waals surface area contributed by atoms with Crippen molar-refractivity contribution >= 4 is 13.3 Å². The highest BCUT2D eigenvalue weighted by atomic mass is 31.2. The van der Waals surface area contributed by atoms with Crippen LogP contribution >= 0.6 is 7.29 Å². The molecular weight excluding hydrogens is 283 g/mol. The van der Waals surface area contributed by atoms with Gasteiger partial charge in [0.25, 0.3) is 5.96 Å². The highest BCUT2D eigenvalue weighted by molar-refractivity contribution is 7.60. The van der Waals surface area contributed by atoms with Crippen molar-refractivity contribution in [3.63, 3.8) is 0 Å². The van der Waals surface area contributed by atoms with Gasteiger partial charge in [-0.05, 0) is 5.92 Å². The molecule has 0 aromatic carbocycles. The van der Waals surface area contributed by atoms with Crippen LogP contribution in [0.5, 0.6) is 0 Å². The fraction of sp³-hybridized carbons (Fsp3) is 0.909. The predicted octanol–water partition coefficient (Wildman–Crippen LogP) is 0.972. The molecule has 0 N–H and O–H groups in total. The maximum Gasteiger partial charge on any atom is 0.279 e. The second-order valence-corrected chi connectivity index (χ2v) is 8.85. The molecule has 0 amide bonds. The average Bonchev–Trinajstić information content (AvgIpc) is 2.86. The lowest BCUT2D eigenvalue weighted by molar-refractivity contribution is -0.486. The van der Waals surface area contributed by atoms with Crippen LogP contribution in [0.15, 0.2) is 5.10 Å². The molecule has 2 saturated heterocycles. The highest BCUT2D eigenvalue weighted by Crippen LogP contribution is 2.44. The highest BCUT2D eigenvalue weighted by Gasteiger charge is 2.38. The molecule has 0 aromatic heterocycles. The quantitative estimate of drug-likeness (QED) is 0.437. The van der Waals surface area contributed by atoms with Crippen LogP contribution in [0.3, 0.4) is 0 Å². The van der Waals surface area contributed by atoms with E-state index < -0.39 is 12.3 Å². The van der Waals surface area contributed by atoms with Crippen LogP contribution in [0.25, 0.3) is 0 Å². The number of hydrazone groups is 1. The first-order valence-corrected chi connectivity index (χ1v) is 9.23. The van der Waals surface area contributed by atoms with E-state index in [0.717, 1.165) is 6.61 Å². The number of ether oxygens (including phenoxy) is 1. The van der Waals surface area contributed by atoms with Gasteiger partial charge in [0.05, 0.1) is 6.61 Å². The zero-order valence-corrected chi connectivity index (χ0v) is 13.0. The normalized spacial score (nSPS) is 29.4. The zero-order chi connectivity index (χ0) is 14.9. The van der Waals surface area contributed by atoms with Gasteiger partial charge in [0, 0.05) is 45.5 Å². The van der Waals surface area contributed by atoms with Gasteiger partial charge in [-0.1, -0.05) is 6.92 Å². The van der Waals surface area contributed by atoms with E-state index in [-0.39, 0.29) is 5.96 Å². The van der Waals surface area contributed by atoms with Gasteiger partial charge in [0.2, 0.25) is 0 Å². The molecule has 0 saturated carbocycles. The molecule has 2 fully saturated rings. The average molecular weight is 304 g/mol. The van der Waals surface area contributed by atoms with Crippen LogP contribution in [0, 0.1) is 22.0 Å². The predicted molar refractivity (Wildman–Crippen MR) is 75.6 cm³/mol. The van der Waals surface area contributed by atoms with Gasteiger partial charge in [0.15, 0.2) is 12.3 Å². The molecule has 20 heavy (non-hydrogen) atoms. The standard InChI is InChI=1S/C11H21N4O4P/c1-9-7-19-8-10(9)6-13-4-5-14(20(2,3)18)11(13)12-15(16)17/h9-10H,4-8H2,1-3H3. The van der Waals surface area contributed by atoms with Gasteiger partial charge in [-0.3, -0.25) is 4.67 Å². The maximum absolute atomic E-state index is 12.2. The Hall–Kier alpha value is -1.14. The number of nitro groups is 1. The van der Waals surface area contributed by atoms with E-state index in [4.69, 9.17) is 4.74 Å². The number of guanidine groups is 1. The van der Waals surface area contributed by atoms with Crippen LogP contribution in [-0.2, 0) is 9.30 Å². The minimum absolute atomic E-state index is 0.224. The molecule has 0 aliphatic carbocycles. The van der Waals surface area contributed by atoms with Crippen LogP contribution < -0.4 is 0 Å². The second kappa shape index (κ2) is 5.69. The number of rotatable bonds is 4. The summed E-state index contributed by atoms with van der Waals surface area (Å²) in [5.41, 5.74) is 0. The molecule has 2 unspecified atom stereocenters. The first kappa shape index (κ1) is 15.3. The first-order chi connectivity index (χ1) is 9.29. The van der Waals surface area contributed by atoms with Gasteiger partial charge in [-0.2, -0.15) is 0 Å². The summed E-state index contributed by atoms with van der Waals surface area (Å²) in [6.07, 6.45) is 0. The van der Waals surface area contributed by atoms with Gasteiger partial charge >= 0.3 is 0 Å². The number of hydrogen-bond acceptors (Lipinski definition) is 4. The van der Waals surface area contributed by atoms with Crippen molar-refractivity contribution in [3.8, 4) is 0 Å². The lowest BCUT2D eigenvalue weighted by Gasteiger charge is -2.26. The van der Waals surface area contributed by atoms with Crippen LogP contribution in [-0.4, -0.2) is 66.7 Å². The molecule has 2 atom stereocenters. The van der Waals surface area contributed by atoms with Crippen molar-refractivity contribution in [1.82, 2.24) is 9.57 Å². The number of hydrogen-bond donors (Lipinski definition) is 0. The smallest absolute Gasteiger partial charge is 0.279 e. The van der Waals surface area contributed by atoms with Crippen molar-refractivity contribution in [2.45, 2.75) is 6.92 Å². The molecule has 0 spiro atoms. The third-order valence-electron chi connectivity index (χ3n) is 3.82. The first-order valence-electron chi connectivity index (χ1n) is 6.67. The fourth-order valence-electron chi connectivity index (χ4n) is 2.62. The maximum atomic E-state index is 12.2. The molecule has 0 radical (unpaired) electrons. The Kier molecular flexibility index (Phi) is 4.34. The number of nitrogens with zero attached hydrogens (tertiary/aromatic N) is 4. The fourth-order valence-corrected chi connectivity index (χ4v) is 3.79. The molecule has 9 heteroatoms. The third-order valence-corrected chi connectivity index (χ3v) is 5.36. The second-order valence-electron chi connectivity index (χ2n) is 5.78. The Morgan fingerprint density at radius 3 is 2.65 bits per heavy atom. The van der Waals surface area contributed by atoms with Crippen molar-refractivity contribution in [2.75, 3.05) is 46.2 Å². The van der Waals surface area contributed by atoms with E-state index in [1.165, 1.54) is 0 Å². The summed E-state index contributed by atoms with van der Waals surface area (Å²) in [5, 5.41) is 13.5. The Morgan fingerprint density at radius 1 is 1.45 bits per heavy atom. The summed E-state index contributed by atoms with van der Waals surface area (Å²) in [5.74, 6) is 0.985. The summed E-state index contributed by atoms with van der Waals surface area (Å²) < 4.78 is 19.2. The van der Waals surface area contributed by atoms with Crippen molar-refractivity contribution < 1.29 is 14.3 Å². The lowest BCUT2D eigenvalue weighted by Crippen LogP contribution is -2.37. The molecule has 2 aliphatic heterocycles. The Balaban J connectivity index is 2.16. The van der Waals surface area contributed by atoms with Gasteiger partial charge in [-0.25, -0.2) is 10.1 Å². The Morgan fingerprint density at radius 2 is 2.15 bits per heavy atom. The summed E-state index contributed by atoms with van der Waals surface area (Å²) in [7, 11) is -2.60. The van der Waals surface area contributed by atoms with E-state index in [1.807, 2.05) is 4.90 Å². The molecule has 0 aromatic rings. The Labute approximate surface area is 118 Å². The van der Waals surface area contributed by atoms with Gasteiger partial charge in [-0.15, -0.1) is 0 Å². The van der Waals surface area contributed by atoms with Crippen LogP contribution in [0.2, 0.25) is 0 Å². The molecule has 2 heterocycles. The molecule has 114 valence electrons. The van der Waals surface area contributed by atoms with Crippen LogP contribution in [0.1, 0.15) is 6.92 Å². The van der Waals surface area contributed by atoms with E-state index in [0.29, 0.717) is 38.1 Å². The molecular formula is C11H21N4O4P. The van der Waals surface area contributed by atoms with E-state index in [1.54, 1.807) is 18.0 Å². The van der Waals surface area contributed by atoms with E-state index in [2.05, 4.69) is 12.0 Å². The van der Waals surface area contributed by atoms with Gasteiger partial charge in [0.1, 0.15) is 5.10 Å². The monoisotopic (exact) mass is 304 g/mol. The van der Waals surface area contributed by atoms with Gasteiger partial charge < -0.3 is 14.2 Å². The topological polar surface area (TPSA) is 88.3 Å². The SMILES string of the molecule is CC1COCC1CN1CCN(P(C)(C)=O)C1=N[N+](=O)[O-]. The zero-order valence-electron chi connectivity index (χ0n) is 12.1.